The molecule has 0 saturated carbocycles. The molecule has 2 aromatic carbocycles. The van der Waals surface area contributed by atoms with Gasteiger partial charge >= 0.3 is 0 Å². The molecule has 2 N–H and O–H groups in total. The molecule has 156 valence electrons. The molecule has 1 amide bonds. The quantitative estimate of drug-likeness (QED) is 0.432. The minimum atomic E-state index is -0.0444. The van der Waals surface area contributed by atoms with Gasteiger partial charge in [-0.2, -0.15) is 0 Å². The summed E-state index contributed by atoms with van der Waals surface area (Å²) in [6.07, 6.45) is 6.24. The third-order valence-electron chi connectivity index (χ3n) is 4.56. The first-order chi connectivity index (χ1) is 15.0. The fourth-order valence-electron chi connectivity index (χ4n) is 3.10. The minimum Gasteiger partial charge on any atom is -0.340 e. The molecule has 0 aliphatic carbocycles. The molecule has 0 saturated heterocycles. The van der Waals surface area contributed by atoms with Gasteiger partial charge in [-0.1, -0.05) is 23.7 Å². The van der Waals surface area contributed by atoms with Crippen LogP contribution in [0.4, 0.5) is 17.2 Å². The van der Waals surface area contributed by atoms with Gasteiger partial charge in [-0.05, 0) is 55.3 Å². The number of hydrogen-bond acceptors (Lipinski definition) is 5. The van der Waals surface area contributed by atoms with Crippen LogP contribution < -0.4 is 10.6 Å². The Bertz CT molecular complexity index is 1180. The van der Waals surface area contributed by atoms with E-state index in [1.807, 2.05) is 72.3 Å². The van der Waals surface area contributed by atoms with Crippen molar-refractivity contribution in [2.24, 2.45) is 0 Å². The number of carbonyl (C=O) groups is 1. The summed E-state index contributed by atoms with van der Waals surface area (Å²) in [6.45, 7) is 1.84. The molecule has 0 fully saturated rings. The first-order valence-electron chi connectivity index (χ1n) is 9.80. The summed E-state index contributed by atoms with van der Waals surface area (Å²) in [4.78, 5) is 25.2. The number of rotatable bonds is 7. The summed E-state index contributed by atoms with van der Waals surface area (Å²) < 4.78 is 1.82. The van der Waals surface area contributed by atoms with Gasteiger partial charge in [-0.15, -0.1) is 0 Å². The van der Waals surface area contributed by atoms with E-state index < -0.39 is 0 Å². The van der Waals surface area contributed by atoms with Gasteiger partial charge in [0, 0.05) is 41.3 Å². The molecule has 0 spiro atoms. The Morgan fingerprint density at radius 3 is 2.61 bits per heavy atom. The Morgan fingerprint density at radius 1 is 1.06 bits per heavy atom. The highest BCUT2D eigenvalue weighted by Crippen LogP contribution is 2.20. The lowest BCUT2D eigenvalue weighted by Gasteiger charge is -2.10. The average molecular weight is 433 g/mol. The van der Waals surface area contributed by atoms with Gasteiger partial charge in [0.1, 0.15) is 23.8 Å². The molecule has 0 aliphatic heterocycles. The summed E-state index contributed by atoms with van der Waals surface area (Å²) in [6, 6.07) is 16.9. The predicted octanol–water partition coefficient (Wildman–Crippen LogP) is 4.94. The summed E-state index contributed by atoms with van der Waals surface area (Å²) in [5, 5.41) is 6.87. The van der Waals surface area contributed by atoms with Gasteiger partial charge in [0.05, 0.1) is 0 Å². The van der Waals surface area contributed by atoms with Crippen LogP contribution in [0.5, 0.6) is 0 Å². The van der Waals surface area contributed by atoms with Gasteiger partial charge < -0.3 is 10.6 Å². The van der Waals surface area contributed by atoms with E-state index in [2.05, 4.69) is 25.6 Å². The van der Waals surface area contributed by atoms with Crippen LogP contribution in [0.15, 0.2) is 73.3 Å². The zero-order valence-electron chi connectivity index (χ0n) is 16.9. The number of halogens is 1. The Morgan fingerprint density at radius 2 is 1.87 bits per heavy atom. The van der Waals surface area contributed by atoms with E-state index >= 15 is 0 Å². The second-order valence-electron chi connectivity index (χ2n) is 7.01. The van der Waals surface area contributed by atoms with Crippen molar-refractivity contribution >= 4 is 34.7 Å². The minimum absolute atomic E-state index is 0.0444. The maximum absolute atomic E-state index is 12.3. The molecule has 0 unspecified atom stereocenters. The summed E-state index contributed by atoms with van der Waals surface area (Å²) in [5.74, 6) is 2.01. The fourth-order valence-corrected chi connectivity index (χ4v) is 3.31. The molecular weight excluding hydrogens is 412 g/mol. The van der Waals surface area contributed by atoms with Crippen molar-refractivity contribution in [3.05, 3.63) is 89.7 Å². The van der Waals surface area contributed by atoms with Crippen LogP contribution in [0.2, 0.25) is 5.02 Å². The van der Waals surface area contributed by atoms with Crippen LogP contribution in [0.25, 0.3) is 5.82 Å². The first kappa shape index (κ1) is 20.6. The van der Waals surface area contributed by atoms with Crippen molar-refractivity contribution in [2.45, 2.75) is 19.8 Å². The van der Waals surface area contributed by atoms with Crippen molar-refractivity contribution in [1.82, 2.24) is 19.5 Å². The van der Waals surface area contributed by atoms with Crippen LogP contribution in [-0.2, 0) is 11.2 Å². The number of amides is 1. The Hall–Kier alpha value is -3.71. The van der Waals surface area contributed by atoms with Crippen LogP contribution in [0.1, 0.15) is 17.8 Å². The summed E-state index contributed by atoms with van der Waals surface area (Å²) in [5.41, 5.74) is 2.63. The van der Waals surface area contributed by atoms with E-state index in [1.54, 1.807) is 12.5 Å². The van der Waals surface area contributed by atoms with Crippen molar-refractivity contribution in [2.75, 3.05) is 10.6 Å². The highest BCUT2D eigenvalue weighted by Gasteiger charge is 2.06. The Balaban J connectivity index is 1.36. The molecular formula is C23H21ClN6O. The summed E-state index contributed by atoms with van der Waals surface area (Å²) >= 11 is 5.99. The number of benzene rings is 2. The van der Waals surface area contributed by atoms with Gasteiger partial charge in [0.15, 0.2) is 0 Å². The van der Waals surface area contributed by atoms with Gasteiger partial charge in [0.25, 0.3) is 0 Å². The lowest BCUT2D eigenvalue weighted by atomic mass is 10.1. The van der Waals surface area contributed by atoms with E-state index in [-0.39, 0.29) is 5.91 Å². The van der Waals surface area contributed by atoms with Crippen LogP contribution in [-0.4, -0.2) is 25.4 Å². The Kier molecular flexibility index (Phi) is 6.24. The average Bonchev–Trinajstić information content (AvgIpc) is 3.28. The second kappa shape index (κ2) is 9.40. The number of carbonyl (C=O) groups excluding carboxylic acids is 1. The number of imidazole rings is 1. The van der Waals surface area contributed by atoms with E-state index in [1.165, 1.54) is 0 Å². The Labute approximate surface area is 185 Å². The first-order valence-corrected chi connectivity index (χ1v) is 10.2. The maximum Gasteiger partial charge on any atom is 0.224 e. The number of aromatic nitrogens is 4. The van der Waals surface area contributed by atoms with E-state index in [0.29, 0.717) is 29.5 Å². The lowest BCUT2D eigenvalue weighted by Crippen LogP contribution is -2.12. The standard InChI is InChI=1S/C23H21ClN6O/c1-16-26-21(14-22(27-16)30-12-11-25-15-30)28-19-6-8-20(9-7-19)29-23(31)10-5-17-3-2-4-18(24)13-17/h2-4,6-9,11-15H,5,10H2,1H3,(H,29,31)(H,26,27,28). The normalized spacial score (nSPS) is 10.6. The molecule has 8 heteroatoms. The highest BCUT2D eigenvalue weighted by atomic mass is 35.5. The third kappa shape index (κ3) is 5.67. The second-order valence-corrected chi connectivity index (χ2v) is 7.45. The van der Waals surface area contributed by atoms with Crippen LogP contribution in [0.3, 0.4) is 0 Å². The van der Waals surface area contributed by atoms with Crippen molar-refractivity contribution in [3.8, 4) is 5.82 Å². The molecule has 31 heavy (non-hydrogen) atoms. The van der Waals surface area contributed by atoms with Gasteiger partial charge in [-0.25, -0.2) is 15.0 Å². The third-order valence-corrected chi connectivity index (χ3v) is 4.80. The zero-order chi connectivity index (χ0) is 21.6. The molecule has 4 aromatic rings. The van der Waals surface area contributed by atoms with E-state index in [9.17, 15) is 4.79 Å². The number of nitrogens with one attached hydrogen (secondary N) is 2. The van der Waals surface area contributed by atoms with Crippen LogP contribution >= 0.6 is 11.6 Å². The van der Waals surface area contributed by atoms with Crippen molar-refractivity contribution in [3.63, 3.8) is 0 Å². The van der Waals surface area contributed by atoms with Gasteiger partial charge in [0.2, 0.25) is 5.91 Å². The molecule has 4 rings (SSSR count). The monoisotopic (exact) mass is 432 g/mol. The molecule has 7 nitrogen and oxygen atoms in total. The molecule has 2 aromatic heterocycles. The van der Waals surface area contributed by atoms with Gasteiger partial charge in [-0.3, -0.25) is 9.36 Å². The van der Waals surface area contributed by atoms with E-state index in [4.69, 9.17) is 11.6 Å². The smallest absolute Gasteiger partial charge is 0.224 e. The predicted molar refractivity (Wildman–Crippen MR) is 122 cm³/mol. The SMILES string of the molecule is Cc1nc(Nc2ccc(NC(=O)CCc3cccc(Cl)c3)cc2)cc(-n2ccnc2)n1. The molecule has 0 atom stereocenters. The molecule has 0 radical (unpaired) electrons. The number of anilines is 3. The lowest BCUT2D eigenvalue weighted by molar-refractivity contribution is -0.116. The van der Waals surface area contributed by atoms with Crippen molar-refractivity contribution in [1.29, 1.82) is 0 Å². The molecule has 2 heterocycles. The van der Waals surface area contributed by atoms with E-state index in [0.717, 1.165) is 22.8 Å². The maximum atomic E-state index is 12.3. The fraction of sp³-hybridized carbons (Fsp3) is 0.130. The van der Waals surface area contributed by atoms with Crippen molar-refractivity contribution < 1.29 is 4.79 Å². The number of aryl methyl sites for hydroxylation is 2. The topological polar surface area (TPSA) is 84.7 Å². The number of nitrogens with zero attached hydrogens (tertiary/aromatic N) is 4. The summed E-state index contributed by atoms with van der Waals surface area (Å²) in [7, 11) is 0. The van der Waals surface area contributed by atoms with Crippen LogP contribution in [0, 0.1) is 6.92 Å². The zero-order valence-corrected chi connectivity index (χ0v) is 17.7. The largest absolute Gasteiger partial charge is 0.340 e. The number of hydrogen-bond donors (Lipinski definition) is 2. The molecule has 0 bridgehead atoms. The highest BCUT2D eigenvalue weighted by molar-refractivity contribution is 6.30. The molecule has 0 aliphatic rings.